The second kappa shape index (κ2) is 16.0. The first-order valence-corrected chi connectivity index (χ1v) is 19.2. The van der Waals surface area contributed by atoms with Gasteiger partial charge < -0.3 is 34.5 Å². The Hall–Kier alpha value is -5.59. The number of aromatic nitrogens is 5. The number of carbonyl (C=O) groups is 2. The van der Waals surface area contributed by atoms with Gasteiger partial charge in [-0.1, -0.05) is 13.0 Å². The number of hydrogen-bond donors (Lipinski definition) is 2. The predicted octanol–water partition coefficient (Wildman–Crippen LogP) is 5.55. The number of pyridine rings is 1. The third-order valence-corrected chi connectivity index (χ3v) is 11.1. The minimum absolute atomic E-state index is 0.0314. The molecule has 0 aliphatic carbocycles. The maximum atomic E-state index is 17.3. The van der Waals surface area contributed by atoms with E-state index in [-0.39, 0.29) is 84.8 Å². The molecule has 8 rings (SSSR count). The Bertz CT molecular complexity index is 2390. The molecule has 0 spiro atoms. The summed E-state index contributed by atoms with van der Waals surface area (Å²) in [4.78, 5) is 43.0. The van der Waals surface area contributed by atoms with Gasteiger partial charge in [0.2, 0.25) is 5.91 Å². The Kier molecular flexibility index (Phi) is 10.8. The molecule has 6 heterocycles. The molecule has 2 amide bonds. The van der Waals surface area contributed by atoms with Crippen LogP contribution in [0.15, 0.2) is 36.7 Å². The Morgan fingerprint density at radius 3 is 2.69 bits per heavy atom. The van der Waals surface area contributed by atoms with Crippen molar-refractivity contribution >= 4 is 45.2 Å². The van der Waals surface area contributed by atoms with E-state index in [0.717, 1.165) is 24.1 Å². The molecule has 58 heavy (non-hydrogen) atoms. The van der Waals surface area contributed by atoms with Crippen molar-refractivity contribution < 1.29 is 41.7 Å². The van der Waals surface area contributed by atoms with Crippen molar-refractivity contribution in [2.45, 2.75) is 50.9 Å². The highest BCUT2D eigenvalue weighted by molar-refractivity contribution is 6.02. The summed E-state index contributed by atoms with van der Waals surface area (Å²) in [7, 11) is 4.63. The van der Waals surface area contributed by atoms with Gasteiger partial charge >= 0.3 is 12.0 Å². The van der Waals surface area contributed by atoms with Crippen molar-refractivity contribution in [1.29, 1.82) is 0 Å². The summed E-state index contributed by atoms with van der Waals surface area (Å²) in [5, 5.41) is 11.6. The summed E-state index contributed by atoms with van der Waals surface area (Å²) < 4.78 is 70.6. The minimum atomic E-state index is -0.993. The predicted molar refractivity (Wildman–Crippen MR) is 208 cm³/mol. The molecule has 0 unspecified atom stereocenters. The van der Waals surface area contributed by atoms with Crippen LogP contribution in [0.2, 0.25) is 0 Å². The number of anilines is 2. The molecule has 2 atom stereocenters. The fraction of sp³-hybridized carbons (Fsp3) is 0.450. The highest BCUT2D eigenvalue weighted by Crippen LogP contribution is 2.42. The first-order valence-electron chi connectivity index (χ1n) is 19.2. The second-order valence-corrected chi connectivity index (χ2v) is 15.1. The van der Waals surface area contributed by atoms with Gasteiger partial charge in [-0.05, 0) is 60.3 Å². The SMILES string of the molecule is CCc1c(F)ccc2cc(OCOC)cc(-c3ncc4c(NCc5cn(C(=O)N(C)C)nc5NC(=O)C5COC5)nc(OC[C@@]56CCCN5C[C@H](F)C6)nc4c3F)c12. The molecular weight excluding hydrogens is 759 g/mol. The number of methoxy groups -OCH3 is 1. The molecule has 0 saturated carbocycles. The van der Waals surface area contributed by atoms with E-state index in [9.17, 15) is 14.0 Å². The van der Waals surface area contributed by atoms with E-state index in [1.807, 2.05) is 6.92 Å². The standard InChI is InChI=1S/C40H44F3N9O6/c1-5-27-30(42)8-7-22-11-26(58-21-55-4)12-28(31(22)27)33-32(43)34-29(15-44-33)36(48-38(46-34)57-20-40-9-6-10-51(40)17-25(41)13-40)45-14-23-16-52(39(54)50(2)3)49-35(23)47-37(53)24-18-56-19-24/h7-8,11-12,15-16,24-25H,5-6,9-10,13-14,17-21H2,1-4H3,(H,45,46,48)(H,47,49,53)/t25-,40+/m1/s1. The highest BCUT2D eigenvalue weighted by atomic mass is 19.1. The summed E-state index contributed by atoms with van der Waals surface area (Å²) in [6, 6.07) is 5.68. The van der Waals surface area contributed by atoms with Gasteiger partial charge in [-0.25, -0.2) is 18.0 Å². The number of ether oxygens (including phenoxy) is 4. The number of hydrogen-bond acceptors (Lipinski definition) is 12. The molecule has 2 N–H and O–H groups in total. The molecule has 5 aromatic rings. The maximum absolute atomic E-state index is 17.3. The lowest BCUT2D eigenvalue weighted by molar-refractivity contribution is -0.133. The van der Waals surface area contributed by atoms with Crippen molar-refractivity contribution in [3.8, 4) is 23.0 Å². The summed E-state index contributed by atoms with van der Waals surface area (Å²) in [5.74, 6) is -1.30. The Morgan fingerprint density at radius 2 is 1.95 bits per heavy atom. The van der Waals surface area contributed by atoms with Gasteiger partial charge in [0.15, 0.2) is 18.4 Å². The van der Waals surface area contributed by atoms with Crippen molar-refractivity contribution in [2.75, 3.05) is 71.5 Å². The van der Waals surface area contributed by atoms with Crippen molar-refractivity contribution in [3.63, 3.8) is 0 Å². The quantitative estimate of drug-likeness (QED) is 0.143. The van der Waals surface area contributed by atoms with Gasteiger partial charge in [0.25, 0.3) is 0 Å². The lowest BCUT2D eigenvalue weighted by atomic mass is 9.94. The average molecular weight is 804 g/mol. The average Bonchev–Trinajstić information content (AvgIpc) is 3.86. The first-order chi connectivity index (χ1) is 28.0. The monoisotopic (exact) mass is 803 g/mol. The van der Waals surface area contributed by atoms with Crippen LogP contribution in [-0.4, -0.2) is 119 Å². The summed E-state index contributed by atoms with van der Waals surface area (Å²) in [5.41, 5.74) is 0.298. The smallest absolute Gasteiger partial charge is 0.344 e. The topological polar surface area (TPSA) is 158 Å². The van der Waals surface area contributed by atoms with Crippen molar-refractivity contribution in [2.24, 2.45) is 5.92 Å². The van der Waals surface area contributed by atoms with Crippen molar-refractivity contribution in [3.05, 3.63) is 59.4 Å². The molecular formula is C40H44F3N9O6. The molecule has 3 saturated heterocycles. The number of amides is 2. The zero-order chi connectivity index (χ0) is 40.7. The highest BCUT2D eigenvalue weighted by Gasteiger charge is 2.49. The number of fused-ring (bicyclic) bond motifs is 3. The zero-order valence-corrected chi connectivity index (χ0v) is 32.6. The van der Waals surface area contributed by atoms with Crippen molar-refractivity contribution in [1.82, 2.24) is 34.5 Å². The van der Waals surface area contributed by atoms with E-state index in [1.165, 1.54) is 30.5 Å². The molecule has 18 heteroatoms. The van der Waals surface area contributed by atoms with Crippen LogP contribution in [0.1, 0.15) is 37.3 Å². The molecule has 3 aliphatic heterocycles. The Morgan fingerprint density at radius 1 is 1.12 bits per heavy atom. The molecule has 0 radical (unpaired) electrons. The summed E-state index contributed by atoms with van der Waals surface area (Å²) in [6.07, 6.45) is 4.16. The van der Waals surface area contributed by atoms with Crippen LogP contribution in [0.5, 0.6) is 11.8 Å². The number of aryl methyl sites for hydroxylation is 1. The lowest BCUT2D eigenvalue weighted by Crippen LogP contribution is -2.43. The number of nitrogens with one attached hydrogen (secondary N) is 2. The van der Waals surface area contributed by atoms with Gasteiger partial charge in [0.1, 0.15) is 41.4 Å². The Labute approximate surface area is 331 Å². The number of halogens is 3. The van der Waals surface area contributed by atoms with Crippen LogP contribution in [0.4, 0.5) is 29.6 Å². The van der Waals surface area contributed by atoms with E-state index < -0.39 is 29.4 Å². The molecule has 3 aromatic heterocycles. The van der Waals surface area contributed by atoms with Crippen LogP contribution in [0.3, 0.4) is 0 Å². The molecule has 15 nitrogen and oxygen atoms in total. The normalized spacial score (nSPS) is 19.3. The second-order valence-electron chi connectivity index (χ2n) is 15.1. The van der Waals surface area contributed by atoms with Crippen LogP contribution >= 0.6 is 0 Å². The van der Waals surface area contributed by atoms with E-state index in [1.54, 1.807) is 32.3 Å². The molecule has 306 valence electrons. The lowest BCUT2D eigenvalue weighted by Gasteiger charge is -2.30. The molecule has 3 aliphatic rings. The van der Waals surface area contributed by atoms with E-state index in [2.05, 4.69) is 35.6 Å². The number of nitrogens with zero attached hydrogens (tertiary/aromatic N) is 7. The van der Waals surface area contributed by atoms with Gasteiger partial charge in [-0.15, -0.1) is 5.10 Å². The van der Waals surface area contributed by atoms with E-state index >= 15 is 8.78 Å². The first kappa shape index (κ1) is 39.2. The number of alkyl halides is 1. The van der Waals surface area contributed by atoms with Crippen LogP contribution in [0, 0.1) is 17.6 Å². The third-order valence-electron chi connectivity index (χ3n) is 11.1. The largest absolute Gasteiger partial charge is 0.468 e. The number of benzene rings is 2. The zero-order valence-electron chi connectivity index (χ0n) is 32.6. The van der Waals surface area contributed by atoms with Gasteiger partial charge in [-0.2, -0.15) is 14.6 Å². The van der Waals surface area contributed by atoms with Crippen LogP contribution < -0.4 is 20.1 Å². The van der Waals surface area contributed by atoms with E-state index in [0.29, 0.717) is 47.0 Å². The molecule has 0 bridgehead atoms. The minimum Gasteiger partial charge on any atom is -0.468 e. The van der Waals surface area contributed by atoms with Gasteiger partial charge in [0, 0.05) is 64.2 Å². The van der Waals surface area contributed by atoms with Crippen LogP contribution in [-0.2, 0) is 27.2 Å². The van der Waals surface area contributed by atoms with Gasteiger partial charge in [0.05, 0.1) is 30.1 Å². The Balaban J connectivity index is 1.22. The number of carbonyl (C=O) groups excluding carboxylic acids is 2. The summed E-state index contributed by atoms with van der Waals surface area (Å²) >= 11 is 0. The maximum Gasteiger partial charge on any atom is 0.344 e. The number of rotatable bonds is 13. The summed E-state index contributed by atoms with van der Waals surface area (Å²) in [6.45, 7) is 3.40. The molecule has 3 fully saturated rings. The molecule has 2 aromatic carbocycles. The third kappa shape index (κ3) is 7.35. The fourth-order valence-electron chi connectivity index (χ4n) is 8.03. The van der Waals surface area contributed by atoms with E-state index in [4.69, 9.17) is 18.9 Å². The van der Waals surface area contributed by atoms with Crippen LogP contribution in [0.25, 0.3) is 32.9 Å². The fourth-order valence-corrected chi connectivity index (χ4v) is 8.03. The van der Waals surface area contributed by atoms with Gasteiger partial charge in [-0.3, -0.25) is 14.7 Å².